The number of hydrazone groups is 1. The molecule has 0 atom stereocenters. The summed E-state index contributed by atoms with van der Waals surface area (Å²) in [4.78, 5) is 0. The molecule has 0 spiro atoms. The van der Waals surface area contributed by atoms with Crippen molar-refractivity contribution in [3.8, 4) is 0 Å². The highest BCUT2D eigenvalue weighted by Gasteiger charge is 2.04. The van der Waals surface area contributed by atoms with Gasteiger partial charge in [0.2, 0.25) is 0 Å². The lowest BCUT2D eigenvalue weighted by atomic mass is 10.2. The third kappa shape index (κ3) is 5.63. The van der Waals surface area contributed by atoms with Crippen molar-refractivity contribution < 1.29 is 0 Å². The van der Waals surface area contributed by atoms with Crippen molar-refractivity contribution in [1.82, 2.24) is 5.01 Å². The van der Waals surface area contributed by atoms with E-state index >= 15 is 0 Å². The van der Waals surface area contributed by atoms with Gasteiger partial charge in [0, 0.05) is 10.0 Å². The Morgan fingerprint density at radius 2 is 1.20 bits per heavy atom. The molecule has 126 valence electrons. The molecule has 0 aromatic heterocycles. The molecule has 0 saturated heterocycles. The molecule has 3 aromatic carbocycles. The Hall–Kier alpha value is -2.29. The predicted octanol–water partition coefficient (Wildman–Crippen LogP) is 6.03. The van der Waals surface area contributed by atoms with Crippen molar-refractivity contribution in [2.45, 2.75) is 13.1 Å². The second-order valence-corrected chi connectivity index (χ2v) is 6.61. The molecule has 0 heterocycles. The number of halogens is 2. The van der Waals surface area contributed by atoms with Crippen LogP contribution in [0.4, 0.5) is 0 Å². The van der Waals surface area contributed by atoms with Crippen LogP contribution in [0.5, 0.6) is 0 Å². The minimum atomic E-state index is 0.603. The molecule has 0 bridgehead atoms. The largest absolute Gasteiger partial charge is 0.288 e. The Morgan fingerprint density at radius 3 is 1.68 bits per heavy atom. The van der Waals surface area contributed by atoms with Gasteiger partial charge in [0.05, 0.1) is 19.3 Å². The molecule has 0 fully saturated rings. The molecule has 25 heavy (non-hydrogen) atoms. The van der Waals surface area contributed by atoms with E-state index in [0.29, 0.717) is 10.0 Å². The van der Waals surface area contributed by atoms with Crippen molar-refractivity contribution in [2.75, 3.05) is 0 Å². The first-order valence-electron chi connectivity index (χ1n) is 8.02. The minimum Gasteiger partial charge on any atom is -0.288 e. The van der Waals surface area contributed by atoms with Gasteiger partial charge in [-0.3, -0.25) is 5.01 Å². The summed E-state index contributed by atoms with van der Waals surface area (Å²) < 4.78 is 0. The van der Waals surface area contributed by atoms with Crippen LogP contribution in [0.3, 0.4) is 0 Å². The van der Waals surface area contributed by atoms with E-state index < -0.39 is 0 Å². The Bertz CT molecular complexity index is 771. The van der Waals surface area contributed by atoms with Gasteiger partial charge in [0.25, 0.3) is 0 Å². The predicted molar refractivity (Wildman–Crippen MR) is 106 cm³/mol. The number of benzene rings is 3. The quantitative estimate of drug-likeness (QED) is 0.383. The molecular formula is C21H18Cl2N2. The highest BCUT2D eigenvalue weighted by Crippen LogP contribution is 2.18. The average Bonchev–Trinajstić information content (AvgIpc) is 2.61. The van der Waals surface area contributed by atoms with Gasteiger partial charge in [0.15, 0.2) is 0 Å². The standard InChI is InChI=1S/C21H18Cl2N2/c22-20-11-19(12-21(23)13-20)14-24-25(15-17-7-3-1-4-8-17)16-18-9-5-2-6-10-18/h1-14H,15-16H2/b24-14+. The minimum absolute atomic E-state index is 0.603. The van der Waals surface area contributed by atoms with Crippen molar-refractivity contribution in [3.63, 3.8) is 0 Å². The van der Waals surface area contributed by atoms with E-state index in [0.717, 1.165) is 18.7 Å². The number of nitrogens with zero attached hydrogens (tertiary/aromatic N) is 2. The fourth-order valence-electron chi connectivity index (χ4n) is 2.52. The Kier molecular flexibility index (Phi) is 6.10. The normalized spacial score (nSPS) is 11.0. The van der Waals surface area contributed by atoms with E-state index in [9.17, 15) is 0 Å². The van der Waals surface area contributed by atoms with Crippen LogP contribution in [-0.2, 0) is 13.1 Å². The maximum absolute atomic E-state index is 6.07. The first-order chi connectivity index (χ1) is 12.2. The Balaban J connectivity index is 1.80. The summed E-state index contributed by atoms with van der Waals surface area (Å²) >= 11 is 12.1. The fraction of sp³-hybridized carbons (Fsp3) is 0.0952. The van der Waals surface area contributed by atoms with Crippen LogP contribution in [-0.4, -0.2) is 11.2 Å². The lowest BCUT2D eigenvalue weighted by Gasteiger charge is -2.19. The monoisotopic (exact) mass is 368 g/mol. The van der Waals surface area contributed by atoms with E-state index in [1.165, 1.54) is 11.1 Å². The maximum Gasteiger partial charge on any atom is 0.0614 e. The first kappa shape index (κ1) is 17.5. The average molecular weight is 369 g/mol. The molecule has 0 saturated carbocycles. The van der Waals surface area contributed by atoms with Crippen LogP contribution in [0.2, 0.25) is 10.0 Å². The Labute approximate surface area is 158 Å². The molecule has 0 unspecified atom stereocenters. The SMILES string of the molecule is Clc1cc(Cl)cc(/C=N/N(Cc2ccccc2)Cc2ccccc2)c1. The molecule has 0 aliphatic rings. The number of rotatable bonds is 6. The van der Waals surface area contributed by atoms with E-state index in [-0.39, 0.29) is 0 Å². The topological polar surface area (TPSA) is 15.6 Å². The number of hydrogen-bond acceptors (Lipinski definition) is 2. The summed E-state index contributed by atoms with van der Waals surface area (Å²) in [5.74, 6) is 0. The summed E-state index contributed by atoms with van der Waals surface area (Å²) in [6.45, 7) is 1.45. The van der Waals surface area contributed by atoms with Crippen LogP contribution in [0.15, 0.2) is 84.0 Å². The van der Waals surface area contributed by atoms with E-state index in [2.05, 4.69) is 29.4 Å². The van der Waals surface area contributed by atoms with Crippen molar-refractivity contribution >= 4 is 29.4 Å². The van der Waals surface area contributed by atoms with Crippen LogP contribution in [0, 0.1) is 0 Å². The molecule has 0 amide bonds. The van der Waals surface area contributed by atoms with Crippen LogP contribution >= 0.6 is 23.2 Å². The fourth-order valence-corrected chi connectivity index (χ4v) is 3.07. The zero-order valence-corrected chi connectivity index (χ0v) is 15.2. The highest BCUT2D eigenvalue weighted by atomic mass is 35.5. The summed E-state index contributed by atoms with van der Waals surface area (Å²) in [6.07, 6.45) is 1.80. The van der Waals surface area contributed by atoms with Crippen molar-refractivity contribution in [1.29, 1.82) is 0 Å². The van der Waals surface area contributed by atoms with Crippen LogP contribution in [0.1, 0.15) is 16.7 Å². The van der Waals surface area contributed by atoms with Gasteiger partial charge in [-0.25, -0.2) is 0 Å². The molecule has 0 N–H and O–H groups in total. The lowest BCUT2D eigenvalue weighted by Crippen LogP contribution is -2.17. The summed E-state index contributed by atoms with van der Waals surface area (Å²) in [5.41, 5.74) is 3.29. The van der Waals surface area contributed by atoms with Gasteiger partial charge in [-0.1, -0.05) is 83.9 Å². The second kappa shape index (κ2) is 8.70. The van der Waals surface area contributed by atoms with E-state index in [1.807, 2.05) is 53.5 Å². The van der Waals surface area contributed by atoms with Gasteiger partial charge in [0.1, 0.15) is 0 Å². The molecule has 3 rings (SSSR count). The lowest BCUT2D eigenvalue weighted by molar-refractivity contribution is 0.272. The van der Waals surface area contributed by atoms with Crippen LogP contribution in [0.25, 0.3) is 0 Å². The van der Waals surface area contributed by atoms with Gasteiger partial charge < -0.3 is 0 Å². The smallest absolute Gasteiger partial charge is 0.0614 e. The zero-order chi connectivity index (χ0) is 17.5. The molecule has 4 heteroatoms. The van der Waals surface area contributed by atoms with E-state index in [4.69, 9.17) is 23.2 Å². The van der Waals surface area contributed by atoms with Gasteiger partial charge >= 0.3 is 0 Å². The summed E-state index contributed by atoms with van der Waals surface area (Å²) in [7, 11) is 0. The number of hydrogen-bond donors (Lipinski definition) is 0. The first-order valence-corrected chi connectivity index (χ1v) is 8.77. The molecule has 0 aliphatic carbocycles. The van der Waals surface area contributed by atoms with Gasteiger partial charge in [-0.05, 0) is 34.9 Å². The molecule has 2 nitrogen and oxygen atoms in total. The molecule has 3 aromatic rings. The maximum atomic E-state index is 6.07. The van der Waals surface area contributed by atoms with Crippen molar-refractivity contribution in [3.05, 3.63) is 106 Å². The second-order valence-electron chi connectivity index (χ2n) is 5.74. The zero-order valence-electron chi connectivity index (χ0n) is 13.6. The third-order valence-electron chi connectivity index (χ3n) is 3.67. The molecular weight excluding hydrogens is 351 g/mol. The summed E-state index contributed by atoms with van der Waals surface area (Å²) in [6, 6.07) is 26.0. The van der Waals surface area contributed by atoms with Gasteiger partial charge in [-0.2, -0.15) is 5.10 Å². The van der Waals surface area contributed by atoms with Gasteiger partial charge in [-0.15, -0.1) is 0 Å². The Morgan fingerprint density at radius 1 is 0.720 bits per heavy atom. The van der Waals surface area contributed by atoms with Crippen LogP contribution < -0.4 is 0 Å². The highest BCUT2D eigenvalue weighted by molar-refractivity contribution is 6.35. The third-order valence-corrected chi connectivity index (χ3v) is 4.11. The van der Waals surface area contributed by atoms with E-state index in [1.54, 1.807) is 12.3 Å². The molecule has 0 radical (unpaired) electrons. The molecule has 0 aliphatic heterocycles. The summed E-state index contributed by atoms with van der Waals surface area (Å²) in [5, 5.41) is 7.89. The van der Waals surface area contributed by atoms with Crippen molar-refractivity contribution in [2.24, 2.45) is 5.10 Å².